The van der Waals surface area contributed by atoms with Gasteiger partial charge in [-0.1, -0.05) is 12.1 Å². The molecule has 1 heterocycles. The standard InChI is InChI=1S/C19H19N3O/c20-13-15-5-3-14(4-6-15)7-10-19(23)22-11-1-2-16-12-17(21)8-9-18(16)22/h3-6,8-9,12H,1-2,7,10-11,21H2. The molecule has 4 nitrogen and oxygen atoms in total. The van der Waals surface area contributed by atoms with Crippen molar-refractivity contribution in [3.05, 3.63) is 59.2 Å². The van der Waals surface area contributed by atoms with Crippen LogP contribution in [0, 0.1) is 11.3 Å². The second-order valence-electron chi connectivity index (χ2n) is 5.85. The molecule has 0 aromatic heterocycles. The van der Waals surface area contributed by atoms with Crippen LogP contribution in [0.4, 0.5) is 11.4 Å². The minimum Gasteiger partial charge on any atom is -0.399 e. The van der Waals surface area contributed by atoms with Gasteiger partial charge < -0.3 is 10.6 Å². The number of nitrogens with two attached hydrogens (primary N) is 1. The first-order valence-corrected chi connectivity index (χ1v) is 7.85. The average molecular weight is 305 g/mol. The summed E-state index contributed by atoms with van der Waals surface area (Å²) >= 11 is 0. The number of benzene rings is 2. The van der Waals surface area contributed by atoms with E-state index in [0.29, 0.717) is 18.4 Å². The summed E-state index contributed by atoms with van der Waals surface area (Å²) in [5.41, 5.74) is 10.4. The number of hydrogen-bond acceptors (Lipinski definition) is 3. The Balaban J connectivity index is 1.68. The van der Waals surface area contributed by atoms with Crippen molar-refractivity contribution in [1.82, 2.24) is 0 Å². The van der Waals surface area contributed by atoms with Crippen molar-refractivity contribution >= 4 is 17.3 Å². The zero-order chi connectivity index (χ0) is 16.2. The number of nitriles is 1. The third-order valence-corrected chi connectivity index (χ3v) is 4.23. The second kappa shape index (κ2) is 6.53. The quantitative estimate of drug-likeness (QED) is 0.886. The number of carbonyl (C=O) groups is 1. The van der Waals surface area contributed by atoms with Gasteiger partial charge in [0.15, 0.2) is 0 Å². The molecule has 3 rings (SSSR count). The molecule has 1 amide bonds. The van der Waals surface area contributed by atoms with E-state index < -0.39 is 0 Å². The van der Waals surface area contributed by atoms with Crippen molar-refractivity contribution in [2.24, 2.45) is 0 Å². The Kier molecular flexibility index (Phi) is 4.29. The van der Waals surface area contributed by atoms with E-state index in [1.165, 1.54) is 0 Å². The molecular formula is C19H19N3O. The molecule has 0 unspecified atom stereocenters. The van der Waals surface area contributed by atoms with Gasteiger partial charge in [0.2, 0.25) is 5.91 Å². The van der Waals surface area contributed by atoms with Crippen LogP contribution >= 0.6 is 0 Å². The van der Waals surface area contributed by atoms with Gasteiger partial charge in [-0.05, 0) is 60.7 Å². The maximum Gasteiger partial charge on any atom is 0.227 e. The fourth-order valence-electron chi connectivity index (χ4n) is 3.01. The summed E-state index contributed by atoms with van der Waals surface area (Å²) in [6, 6.07) is 15.3. The molecule has 0 saturated carbocycles. The zero-order valence-electron chi connectivity index (χ0n) is 13.0. The van der Waals surface area contributed by atoms with Crippen molar-refractivity contribution < 1.29 is 4.79 Å². The van der Waals surface area contributed by atoms with E-state index >= 15 is 0 Å². The summed E-state index contributed by atoms with van der Waals surface area (Å²) in [5, 5.41) is 8.81. The maximum absolute atomic E-state index is 12.6. The number of hydrogen-bond donors (Lipinski definition) is 1. The average Bonchev–Trinajstić information content (AvgIpc) is 2.59. The molecule has 0 fully saturated rings. The van der Waals surface area contributed by atoms with E-state index in [4.69, 9.17) is 11.0 Å². The fraction of sp³-hybridized carbons (Fsp3) is 0.263. The Morgan fingerprint density at radius 2 is 2.00 bits per heavy atom. The highest BCUT2D eigenvalue weighted by molar-refractivity contribution is 5.95. The Labute approximate surface area is 136 Å². The van der Waals surface area contributed by atoms with Gasteiger partial charge in [-0.15, -0.1) is 0 Å². The highest BCUT2D eigenvalue weighted by Gasteiger charge is 2.22. The molecule has 116 valence electrons. The number of nitrogens with zero attached hydrogens (tertiary/aromatic N) is 2. The van der Waals surface area contributed by atoms with Gasteiger partial charge in [-0.2, -0.15) is 5.26 Å². The monoisotopic (exact) mass is 305 g/mol. The molecule has 1 aliphatic rings. The van der Waals surface area contributed by atoms with Crippen LogP contribution < -0.4 is 10.6 Å². The molecule has 2 N–H and O–H groups in total. The van der Waals surface area contributed by atoms with Gasteiger partial charge in [0.1, 0.15) is 0 Å². The lowest BCUT2D eigenvalue weighted by molar-refractivity contribution is -0.118. The molecule has 0 spiro atoms. The number of fused-ring (bicyclic) bond motifs is 1. The predicted octanol–water partition coefficient (Wildman–Crippen LogP) is 3.05. The SMILES string of the molecule is N#Cc1ccc(CCC(=O)N2CCCc3cc(N)ccc32)cc1. The summed E-state index contributed by atoms with van der Waals surface area (Å²) in [7, 11) is 0. The van der Waals surface area contributed by atoms with Crippen LogP contribution in [0.5, 0.6) is 0 Å². The van der Waals surface area contributed by atoms with Gasteiger partial charge in [-0.3, -0.25) is 4.79 Å². The Hall–Kier alpha value is -2.80. The van der Waals surface area contributed by atoms with Crippen LogP contribution in [0.25, 0.3) is 0 Å². The van der Waals surface area contributed by atoms with Crippen molar-refractivity contribution in [3.63, 3.8) is 0 Å². The maximum atomic E-state index is 12.6. The molecule has 2 aromatic rings. The van der Waals surface area contributed by atoms with Gasteiger partial charge in [-0.25, -0.2) is 0 Å². The van der Waals surface area contributed by atoms with E-state index in [2.05, 4.69) is 6.07 Å². The number of aryl methyl sites for hydroxylation is 2. The zero-order valence-corrected chi connectivity index (χ0v) is 13.0. The van der Waals surface area contributed by atoms with Crippen LogP contribution in [0.2, 0.25) is 0 Å². The normalized spacial score (nSPS) is 13.3. The molecule has 0 aliphatic carbocycles. The van der Waals surface area contributed by atoms with Crippen molar-refractivity contribution in [2.45, 2.75) is 25.7 Å². The summed E-state index contributed by atoms with van der Waals surface area (Å²) in [5.74, 6) is 0.139. The number of rotatable bonds is 3. The summed E-state index contributed by atoms with van der Waals surface area (Å²) in [6.45, 7) is 0.767. The van der Waals surface area contributed by atoms with Crippen LogP contribution in [0.3, 0.4) is 0 Å². The largest absolute Gasteiger partial charge is 0.399 e. The van der Waals surface area contributed by atoms with Gasteiger partial charge in [0.05, 0.1) is 11.6 Å². The highest BCUT2D eigenvalue weighted by atomic mass is 16.2. The molecule has 4 heteroatoms. The smallest absolute Gasteiger partial charge is 0.227 e. The van der Waals surface area contributed by atoms with Crippen LogP contribution in [-0.2, 0) is 17.6 Å². The first-order chi connectivity index (χ1) is 11.2. The first kappa shape index (κ1) is 15.1. The van der Waals surface area contributed by atoms with Gasteiger partial charge in [0.25, 0.3) is 0 Å². The molecular weight excluding hydrogens is 286 g/mol. The van der Waals surface area contributed by atoms with Crippen LogP contribution in [-0.4, -0.2) is 12.5 Å². The number of nitrogen functional groups attached to an aromatic ring is 1. The van der Waals surface area contributed by atoms with E-state index in [9.17, 15) is 4.79 Å². The van der Waals surface area contributed by atoms with E-state index in [1.54, 1.807) is 12.1 Å². The fourth-order valence-corrected chi connectivity index (χ4v) is 3.01. The van der Waals surface area contributed by atoms with E-state index in [1.807, 2.05) is 35.2 Å². The van der Waals surface area contributed by atoms with E-state index in [0.717, 1.165) is 41.9 Å². The van der Waals surface area contributed by atoms with E-state index in [-0.39, 0.29) is 5.91 Å². The minimum absolute atomic E-state index is 0.139. The Bertz CT molecular complexity index is 759. The summed E-state index contributed by atoms with van der Waals surface area (Å²) in [4.78, 5) is 14.5. The number of carbonyl (C=O) groups excluding carboxylic acids is 1. The summed E-state index contributed by atoms with van der Waals surface area (Å²) in [6.07, 6.45) is 3.10. The van der Waals surface area contributed by atoms with Gasteiger partial charge in [0, 0.05) is 24.3 Å². The number of amides is 1. The van der Waals surface area contributed by atoms with Crippen molar-refractivity contribution in [3.8, 4) is 6.07 Å². The lowest BCUT2D eigenvalue weighted by Crippen LogP contribution is -2.35. The first-order valence-electron chi connectivity index (χ1n) is 7.85. The molecule has 0 saturated heterocycles. The predicted molar refractivity (Wildman–Crippen MR) is 91.0 cm³/mol. The molecule has 0 bridgehead atoms. The third-order valence-electron chi connectivity index (χ3n) is 4.23. The lowest BCUT2D eigenvalue weighted by atomic mass is 10.00. The van der Waals surface area contributed by atoms with Crippen molar-refractivity contribution in [1.29, 1.82) is 5.26 Å². The molecule has 0 atom stereocenters. The highest BCUT2D eigenvalue weighted by Crippen LogP contribution is 2.29. The van der Waals surface area contributed by atoms with Crippen LogP contribution in [0.1, 0.15) is 29.5 Å². The topological polar surface area (TPSA) is 70.1 Å². The molecule has 0 radical (unpaired) electrons. The van der Waals surface area contributed by atoms with Gasteiger partial charge >= 0.3 is 0 Å². The third kappa shape index (κ3) is 3.35. The Morgan fingerprint density at radius 1 is 1.22 bits per heavy atom. The summed E-state index contributed by atoms with van der Waals surface area (Å²) < 4.78 is 0. The molecule has 2 aromatic carbocycles. The second-order valence-corrected chi connectivity index (χ2v) is 5.85. The van der Waals surface area contributed by atoms with Crippen LogP contribution in [0.15, 0.2) is 42.5 Å². The number of anilines is 2. The van der Waals surface area contributed by atoms with Crippen molar-refractivity contribution in [2.75, 3.05) is 17.2 Å². The molecule has 23 heavy (non-hydrogen) atoms. The minimum atomic E-state index is 0.139. The Morgan fingerprint density at radius 3 is 2.74 bits per heavy atom. The molecule has 1 aliphatic heterocycles. The lowest BCUT2D eigenvalue weighted by Gasteiger charge is -2.29.